The first-order valence-electron chi connectivity index (χ1n) is 5.81. The van der Waals surface area contributed by atoms with Crippen molar-refractivity contribution >= 4 is 18.2 Å². The molecule has 96 valence electrons. The molecule has 0 fully saturated rings. The van der Waals surface area contributed by atoms with Crippen molar-refractivity contribution in [3.63, 3.8) is 0 Å². The third-order valence-electron chi connectivity index (χ3n) is 2.12. The van der Waals surface area contributed by atoms with Gasteiger partial charge in [-0.1, -0.05) is 19.1 Å². The molecule has 17 heavy (non-hydrogen) atoms. The van der Waals surface area contributed by atoms with Gasteiger partial charge in [-0.05, 0) is 49.3 Å². The van der Waals surface area contributed by atoms with Gasteiger partial charge in [-0.25, -0.2) is 4.57 Å². The highest BCUT2D eigenvalue weighted by Crippen LogP contribution is 2.63. The summed E-state index contributed by atoms with van der Waals surface area (Å²) < 4.78 is 22.7. The molecule has 0 spiro atoms. The van der Waals surface area contributed by atoms with E-state index in [9.17, 15) is 4.57 Å². The van der Waals surface area contributed by atoms with Crippen LogP contribution in [-0.4, -0.2) is 13.2 Å². The van der Waals surface area contributed by atoms with Crippen LogP contribution in [0.5, 0.6) is 0 Å². The summed E-state index contributed by atoms with van der Waals surface area (Å²) in [7, 11) is 0. The van der Waals surface area contributed by atoms with Crippen LogP contribution in [0.4, 0.5) is 0 Å². The summed E-state index contributed by atoms with van der Waals surface area (Å²) in [5.41, 5.74) is 1.26. The summed E-state index contributed by atoms with van der Waals surface area (Å²) in [4.78, 5) is 0.910. The highest BCUT2D eigenvalue weighted by molar-refractivity contribution is 8.55. The number of aryl methyl sites for hydroxylation is 1. The van der Waals surface area contributed by atoms with Crippen molar-refractivity contribution in [2.45, 2.75) is 32.1 Å². The fraction of sp³-hybridized carbons (Fsp3) is 0.500. The van der Waals surface area contributed by atoms with Gasteiger partial charge >= 0.3 is 6.80 Å². The van der Waals surface area contributed by atoms with Crippen molar-refractivity contribution in [3.8, 4) is 0 Å². The molecule has 1 aromatic rings. The molecule has 0 N–H and O–H groups in total. The average molecular weight is 274 g/mol. The summed E-state index contributed by atoms with van der Waals surface area (Å²) in [5, 5.41) is 0. The Bertz CT molecular complexity index is 368. The molecule has 0 saturated carbocycles. The molecule has 0 heterocycles. The Balaban J connectivity index is 2.75. The van der Waals surface area contributed by atoms with Crippen LogP contribution in [-0.2, 0) is 20.0 Å². The van der Waals surface area contributed by atoms with Crippen molar-refractivity contribution in [2.75, 3.05) is 13.2 Å². The van der Waals surface area contributed by atoms with E-state index in [1.807, 2.05) is 38.1 Å². The van der Waals surface area contributed by atoms with E-state index < -0.39 is 6.80 Å². The van der Waals surface area contributed by atoms with E-state index in [4.69, 9.17) is 9.05 Å². The first-order chi connectivity index (χ1) is 8.13. The Morgan fingerprint density at radius 2 is 1.59 bits per heavy atom. The molecule has 1 aromatic carbocycles. The number of rotatable bonds is 7. The Morgan fingerprint density at radius 3 is 2.00 bits per heavy atom. The molecular weight excluding hydrogens is 255 g/mol. The molecule has 0 radical (unpaired) electrons. The normalized spacial score (nSPS) is 11.7. The molecule has 0 amide bonds. The van der Waals surface area contributed by atoms with Crippen LogP contribution < -0.4 is 0 Å². The lowest BCUT2D eigenvalue weighted by atomic mass is 10.2. The van der Waals surface area contributed by atoms with E-state index >= 15 is 0 Å². The van der Waals surface area contributed by atoms with E-state index in [1.165, 1.54) is 16.9 Å². The van der Waals surface area contributed by atoms with Gasteiger partial charge in [0.25, 0.3) is 0 Å². The lowest BCUT2D eigenvalue weighted by Gasteiger charge is -2.15. The van der Waals surface area contributed by atoms with Gasteiger partial charge in [-0.2, -0.15) is 0 Å². The van der Waals surface area contributed by atoms with Gasteiger partial charge in [-0.3, -0.25) is 0 Å². The Hall–Kier alpha value is -0.280. The van der Waals surface area contributed by atoms with E-state index in [2.05, 4.69) is 6.92 Å². The highest BCUT2D eigenvalue weighted by atomic mass is 32.7. The molecule has 0 atom stereocenters. The maximum atomic E-state index is 12.3. The molecule has 0 aliphatic carbocycles. The Morgan fingerprint density at radius 1 is 1.06 bits per heavy atom. The largest absolute Gasteiger partial charge is 0.393 e. The first kappa shape index (κ1) is 14.8. The van der Waals surface area contributed by atoms with Crippen LogP contribution in [0.1, 0.15) is 26.3 Å². The van der Waals surface area contributed by atoms with Crippen LogP contribution in [0.3, 0.4) is 0 Å². The van der Waals surface area contributed by atoms with Gasteiger partial charge in [-0.15, -0.1) is 0 Å². The highest BCUT2D eigenvalue weighted by Gasteiger charge is 2.25. The Labute approximate surface area is 107 Å². The molecular formula is C12H19O3PS. The molecule has 0 aliphatic rings. The summed E-state index contributed by atoms with van der Waals surface area (Å²) in [6.07, 6.45) is 1.000. The van der Waals surface area contributed by atoms with Crippen LogP contribution in [0, 0.1) is 0 Å². The van der Waals surface area contributed by atoms with Crippen LogP contribution >= 0.6 is 18.2 Å². The standard InChI is InChI=1S/C12H19O3PS/c1-4-11-7-9-12(10-8-11)17-16(13,14-5-2)15-6-3/h7-10H,4-6H2,1-3H3. The first-order valence-corrected chi connectivity index (χ1v) is 8.77. The molecule has 0 unspecified atom stereocenters. The van der Waals surface area contributed by atoms with Crippen molar-refractivity contribution in [1.29, 1.82) is 0 Å². The van der Waals surface area contributed by atoms with E-state index in [0.717, 1.165) is 11.3 Å². The van der Waals surface area contributed by atoms with Crippen LogP contribution in [0.15, 0.2) is 29.2 Å². The van der Waals surface area contributed by atoms with E-state index in [1.54, 1.807) is 0 Å². The third kappa shape index (κ3) is 4.84. The van der Waals surface area contributed by atoms with Crippen LogP contribution in [0.2, 0.25) is 0 Å². The van der Waals surface area contributed by atoms with Crippen molar-refractivity contribution < 1.29 is 13.6 Å². The SMILES string of the molecule is CCOP(=O)(OCC)Sc1ccc(CC)cc1. The minimum atomic E-state index is -3.05. The average Bonchev–Trinajstić information content (AvgIpc) is 2.30. The quantitative estimate of drug-likeness (QED) is 0.685. The molecule has 0 aliphatic heterocycles. The fourth-order valence-corrected chi connectivity index (χ4v) is 4.74. The predicted molar refractivity (Wildman–Crippen MR) is 72.5 cm³/mol. The monoisotopic (exact) mass is 274 g/mol. The van der Waals surface area contributed by atoms with Crippen molar-refractivity contribution in [1.82, 2.24) is 0 Å². The third-order valence-corrected chi connectivity index (χ3v) is 5.91. The predicted octanol–water partition coefficient (Wildman–Crippen LogP) is 4.52. The summed E-state index contributed by atoms with van der Waals surface area (Å²) in [6.45, 7) is 3.45. The minimum Gasteiger partial charge on any atom is -0.301 e. The fourth-order valence-electron chi connectivity index (χ4n) is 1.32. The number of benzene rings is 1. The van der Waals surface area contributed by atoms with Gasteiger partial charge in [0.2, 0.25) is 0 Å². The minimum absolute atomic E-state index is 0.386. The van der Waals surface area contributed by atoms with Gasteiger partial charge in [0, 0.05) is 4.90 Å². The van der Waals surface area contributed by atoms with Crippen molar-refractivity contribution in [2.24, 2.45) is 0 Å². The second kappa shape index (κ2) is 7.22. The van der Waals surface area contributed by atoms with E-state index in [-0.39, 0.29) is 0 Å². The summed E-state index contributed by atoms with van der Waals surface area (Å²) >= 11 is 1.17. The lowest BCUT2D eigenvalue weighted by Crippen LogP contribution is -1.92. The maximum absolute atomic E-state index is 12.3. The summed E-state index contributed by atoms with van der Waals surface area (Å²) in [5.74, 6) is 0. The molecule has 0 saturated heterocycles. The molecule has 0 bridgehead atoms. The lowest BCUT2D eigenvalue weighted by molar-refractivity contribution is 0.237. The van der Waals surface area contributed by atoms with Gasteiger partial charge < -0.3 is 9.05 Å². The number of hydrogen-bond acceptors (Lipinski definition) is 4. The number of hydrogen-bond donors (Lipinski definition) is 0. The summed E-state index contributed by atoms with van der Waals surface area (Å²) in [6, 6.07) is 7.97. The van der Waals surface area contributed by atoms with Crippen molar-refractivity contribution in [3.05, 3.63) is 29.8 Å². The topological polar surface area (TPSA) is 35.5 Å². The Kier molecular flexibility index (Phi) is 6.28. The van der Waals surface area contributed by atoms with Gasteiger partial charge in [0.1, 0.15) is 0 Å². The second-order valence-electron chi connectivity index (χ2n) is 3.37. The zero-order valence-electron chi connectivity index (χ0n) is 10.5. The van der Waals surface area contributed by atoms with E-state index in [0.29, 0.717) is 13.2 Å². The molecule has 3 nitrogen and oxygen atoms in total. The molecule has 5 heteroatoms. The van der Waals surface area contributed by atoms with Crippen LogP contribution in [0.25, 0.3) is 0 Å². The second-order valence-corrected chi connectivity index (χ2v) is 7.33. The zero-order valence-corrected chi connectivity index (χ0v) is 12.2. The van der Waals surface area contributed by atoms with Gasteiger partial charge in [0.15, 0.2) is 0 Å². The van der Waals surface area contributed by atoms with Gasteiger partial charge in [0.05, 0.1) is 13.2 Å². The molecule has 0 aromatic heterocycles. The maximum Gasteiger partial charge on any atom is 0.393 e. The zero-order chi connectivity index (χ0) is 12.7. The smallest absolute Gasteiger partial charge is 0.301 e. The molecule has 1 rings (SSSR count).